The minimum atomic E-state index is -0.327. The van der Waals surface area contributed by atoms with Crippen molar-refractivity contribution >= 4 is 17.5 Å². The van der Waals surface area contributed by atoms with Crippen molar-refractivity contribution in [2.75, 3.05) is 37.5 Å². The molecule has 1 fully saturated rings. The Balaban J connectivity index is 1.83. The summed E-state index contributed by atoms with van der Waals surface area (Å²) in [5, 5.41) is 2.80. The molecule has 1 aliphatic rings. The number of hydrogen-bond acceptors (Lipinski definition) is 6. The van der Waals surface area contributed by atoms with Crippen molar-refractivity contribution in [3.63, 3.8) is 0 Å². The molecule has 0 spiro atoms. The standard InChI is InChI=1S/C19H24N4O4/c1-13-10-18(25)23(19(20-13)22-8-4-5-9-22)12-17(24)21-15-7-6-14(26-2)11-16(15)27-3/h6-7,10-11H,4-5,8-9,12H2,1-3H3,(H,21,24). The Morgan fingerprint density at radius 2 is 1.93 bits per heavy atom. The third-order valence-corrected chi connectivity index (χ3v) is 4.49. The maximum Gasteiger partial charge on any atom is 0.255 e. The molecule has 27 heavy (non-hydrogen) atoms. The van der Waals surface area contributed by atoms with Crippen molar-refractivity contribution in [3.8, 4) is 11.5 Å². The maximum absolute atomic E-state index is 12.6. The smallest absolute Gasteiger partial charge is 0.255 e. The predicted octanol–water partition coefficient (Wildman–Crippen LogP) is 1.81. The quantitative estimate of drug-likeness (QED) is 0.832. The number of rotatable bonds is 6. The first-order valence-electron chi connectivity index (χ1n) is 8.87. The number of carbonyl (C=O) groups excluding carboxylic acids is 1. The number of methoxy groups -OCH3 is 2. The molecule has 2 aromatic rings. The van der Waals surface area contributed by atoms with E-state index < -0.39 is 0 Å². The number of nitrogens with one attached hydrogen (secondary N) is 1. The van der Waals surface area contributed by atoms with E-state index in [0.717, 1.165) is 25.9 Å². The van der Waals surface area contributed by atoms with Gasteiger partial charge in [0.1, 0.15) is 18.0 Å². The third-order valence-electron chi connectivity index (χ3n) is 4.49. The summed E-state index contributed by atoms with van der Waals surface area (Å²) in [5.74, 6) is 1.33. The van der Waals surface area contributed by atoms with Crippen LogP contribution in [0.15, 0.2) is 29.1 Å². The van der Waals surface area contributed by atoms with Gasteiger partial charge in [-0.25, -0.2) is 4.98 Å². The van der Waals surface area contributed by atoms with E-state index in [1.54, 1.807) is 32.2 Å². The third kappa shape index (κ3) is 4.21. The van der Waals surface area contributed by atoms with Gasteiger partial charge in [-0.3, -0.25) is 14.2 Å². The van der Waals surface area contributed by atoms with Crippen LogP contribution in [-0.2, 0) is 11.3 Å². The first-order chi connectivity index (χ1) is 13.0. The second kappa shape index (κ2) is 8.11. The highest BCUT2D eigenvalue weighted by Gasteiger charge is 2.20. The summed E-state index contributed by atoms with van der Waals surface area (Å²) in [6, 6.07) is 6.56. The second-order valence-electron chi connectivity index (χ2n) is 6.43. The molecular weight excluding hydrogens is 348 g/mol. The zero-order valence-electron chi connectivity index (χ0n) is 15.8. The number of amides is 1. The van der Waals surface area contributed by atoms with Gasteiger partial charge in [0.2, 0.25) is 11.9 Å². The van der Waals surface area contributed by atoms with Crippen LogP contribution < -0.4 is 25.2 Å². The number of ether oxygens (including phenoxy) is 2. The molecule has 1 aromatic carbocycles. The highest BCUT2D eigenvalue weighted by Crippen LogP contribution is 2.29. The van der Waals surface area contributed by atoms with Gasteiger partial charge >= 0.3 is 0 Å². The summed E-state index contributed by atoms with van der Waals surface area (Å²) in [4.78, 5) is 31.6. The normalized spacial score (nSPS) is 13.5. The molecule has 0 saturated carbocycles. The van der Waals surface area contributed by atoms with Crippen LogP contribution in [-0.4, -0.2) is 42.8 Å². The minimum absolute atomic E-state index is 0.118. The lowest BCUT2D eigenvalue weighted by Gasteiger charge is -2.21. The minimum Gasteiger partial charge on any atom is -0.497 e. The molecule has 1 aromatic heterocycles. The van der Waals surface area contributed by atoms with E-state index in [0.29, 0.717) is 28.8 Å². The van der Waals surface area contributed by atoms with Gasteiger partial charge in [0.25, 0.3) is 5.56 Å². The fraction of sp³-hybridized carbons (Fsp3) is 0.421. The van der Waals surface area contributed by atoms with Crippen LogP contribution in [0.2, 0.25) is 0 Å². The van der Waals surface area contributed by atoms with Crippen molar-refractivity contribution in [1.29, 1.82) is 0 Å². The van der Waals surface area contributed by atoms with E-state index >= 15 is 0 Å². The van der Waals surface area contributed by atoms with Gasteiger partial charge in [-0.1, -0.05) is 0 Å². The summed E-state index contributed by atoms with van der Waals surface area (Å²) >= 11 is 0. The van der Waals surface area contributed by atoms with Crippen LogP contribution in [0.3, 0.4) is 0 Å². The number of benzene rings is 1. The zero-order valence-corrected chi connectivity index (χ0v) is 15.8. The van der Waals surface area contributed by atoms with Crippen LogP contribution in [0.4, 0.5) is 11.6 Å². The van der Waals surface area contributed by atoms with Crippen molar-refractivity contribution in [3.05, 3.63) is 40.3 Å². The molecule has 8 heteroatoms. The molecular formula is C19H24N4O4. The van der Waals surface area contributed by atoms with Gasteiger partial charge < -0.3 is 19.7 Å². The highest BCUT2D eigenvalue weighted by molar-refractivity contribution is 5.92. The van der Waals surface area contributed by atoms with Crippen LogP contribution >= 0.6 is 0 Å². The molecule has 1 amide bonds. The SMILES string of the molecule is COc1ccc(NC(=O)Cn2c(N3CCCC3)nc(C)cc2=O)c(OC)c1. The number of aromatic nitrogens is 2. The largest absolute Gasteiger partial charge is 0.497 e. The molecule has 0 unspecified atom stereocenters. The number of hydrogen-bond donors (Lipinski definition) is 1. The van der Waals surface area contributed by atoms with Crippen molar-refractivity contribution in [2.45, 2.75) is 26.3 Å². The van der Waals surface area contributed by atoms with Crippen molar-refractivity contribution < 1.29 is 14.3 Å². The summed E-state index contributed by atoms with van der Waals surface area (Å²) < 4.78 is 11.9. The summed E-state index contributed by atoms with van der Waals surface area (Å²) in [5.41, 5.74) is 0.927. The number of nitrogens with zero attached hydrogens (tertiary/aromatic N) is 3. The Labute approximate surface area is 157 Å². The van der Waals surface area contributed by atoms with Gasteiger partial charge in [0, 0.05) is 30.9 Å². The molecule has 8 nitrogen and oxygen atoms in total. The molecule has 0 radical (unpaired) electrons. The Morgan fingerprint density at radius 3 is 2.59 bits per heavy atom. The van der Waals surface area contributed by atoms with Gasteiger partial charge in [0.15, 0.2) is 0 Å². The van der Waals surface area contributed by atoms with Gasteiger partial charge in [-0.2, -0.15) is 0 Å². The highest BCUT2D eigenvalue weighted by atomic mass is 16.5. The lowest BCUT2D eigenvalue weighted by atomic mass is 10.2. The summed E-state index contributed by atoms with van der Waals surface area (Å²) in [6.45, 7) is 3.34. The van der Waals surface area contributed by atoms with E-state index in [1.807, 2.05) is 0 Å². The second-order valence-corrected chi connectivity index (χ2v) is 6.43. The van der Waals surface area contributed by atoms with E-state index in [4.69, 9.17) is 9.47 Å². The van der Waals surface area contributed by atoms with Crippen LogP contribution in [0.5, 0.6) is 11.5 Å². The van der Waals surface area contributed by atoms with E-state index in [-0.39, 0.29) is 18.0 Å². The summed E-state index contributed by atoms with van der Waals surface area (Å²) in [6.07, 6.45) is 2.11. The lowest BCUT2D eigenvalue weighted by Crippen LogP contribution is -2.34. The molecule has 144 valence electrons. The Kier molecular flexibility index (Phi) is 5.63. The molecule has 1 aliphatic heterocycles. The molecule has 1 N–H and O–H groups in total. The van der Waals surface area contributed by atoms with Crippen molar-refractivity contribution in [2.24, 2.45) is 0 Å². The van der Waals surface area contributed by atoms with E-state index in [9.17, 15) is 9.59 Å². The average molecular weight is 372 g/mol. The first-order valence-corrected chi connectivity index (χ1v) is 8.87. The van der Waals surface area contributed by atoms with Crippen LogP contribution in [0, 0.1) is 6.92 Å². The van der Waals surface area contributed by atoms with E-state index in [1.165, 1.54) is 17.7 Å². The molecule has 0 atom stereocenters. The van der Waals surface area contributed by atoms with Crippen LogP contribution in [0.25, 0.3) is 0 Å². The van der Waals surface area contributed by atoms with Gasteiger partial charge in [-0.05, 0) is 31.9 Å². The van der Waals surface area contributed by atoms with E-state index in [2.05, 4.69) is 15.2 Å². The number of carbonyl (C=O) groups is 1. The number of anilines is 2. The van der Waals surface area contributed by atoms with Gasteiger partial charge in [-0.15, -0.1) is 0 Å². The number of aryl methyl sites for hydroxylation is 1. The fourth-order valence-electron chi connectivity index (χ4n) is 3.15. The Hall–Kier alpha value is -3.03. The molecule has 0 bridgehead atoms. The summed E-state index contributed by atoms with van der Waals surface area (Å²) in [7, 11) is 3.08. The maximum atomic E-state index is 12.6. The lowest BCUT2D eigenvalue weighted by molar-refractivity contribution is -0.116. The molecule has 3 rings (SSSR count). The van der Waals surface area contributed by atoms with Crippen LogP contribution in [0.1, 0.15) is 18.5 Å². The monoisotopic (exact) mass is 372 g/mol. The molecule has 1 saturated heterocycles. The fourth-order valence-corrected chi connectivity index (χ4v) is 3.15. The van der Waals surface area contributed by atoms with Gasteiger partial charge in [0.05, 0.1) is 19.9 Å². The first kappa shape index (κ1) is 18.8. The molecule has 2 heterocycles. The Bertz CT molecular complexity index is 888. The predicted molar refractivity (Wildman–Crippen MR) is 103 cm³/mol. The zero-order chi connectivity index (χ0) is 19.4. The average Bonchev–Trinajstić information content (AvgIpc) is 3.18. The Morgan fingerprint density at radius 1 is 1.19 bits per heavy atom. The van der Waals surface area contributed by atoms with Crippen molar-refractivity contribution in [1.82, 2.24) is 9.55 Å². The topological polar surface area (TPSA) is 85.7 Å². The molecule has 0 aliphatic carbocycles.